The van der Waals surface area contributed by atoms with Crippen molar-refractivity contribution in [3.05, 3.63) is 64.7 Å². The van der Waals surface area contributed by atoms with Crippen molar-refractivity contribution >= 4 is 17.4 Å². The maximum atomic E-state index is 13.1. The molecule has 0 spiro atoms. The fourth-order valence-electron chi connectivity index (χ4n) is 4.23. The van der Waals surface area contributed by atoms with Crippen molar-refractivity contribution in [3.63, 3.8) is 0 Å². The molecule has 0 saturated carbocycles. The Morgan fingerprint density at radius 2 is 1.76 bits per heavy atom. The standard InChI is InChI=1S/C27H33NO5/c1-6-14-28-24(18-10-9-11-20(15-18)32-7-2)23(26(30)27(28)31)25(29)19-12-13-22(33-8-3)21(16-19)17(4)5/h9-13,15-17,24,29H,6-8,14H2,1-5H3/b25-23+. The molecule has 1 amide bonds. The topological polar surface area (TPSA) is 76.1 Å². The minimum atomic E-state index is -0.681. The number of carbonyl (C=O) groups excluding carboxylic acids is 2. The summed E-state index contributed by atoms with van der Waals surface area (Å²) in [6.45, 7) is 11.3. The minimum Gasteiger partial charge on any atom is -0.507 e. The van der Waals surface area contributed by atoms with E-state index in [9.17, 15) is 14.7 Å². The molecule has 33 heavy (non-hydrogen) atoms. The Morgan fingerprint density at radius 1 is 1.03 bits per heavy atom. The SMILES string of the molecule is CCCN1C(=O)C(=O)/C(=C(/O)c2ccc(OCC)c(C(C)C)c2)C1c1cccc(OCC)c1. The van der Waals surface area contributed by atoms with E-state index >= 15 is 0 Å². The molecule has 0 radical (unpaired) electrons. The normalized spacial score (nSPS) is 17.6. The van der Waals surface area contributed by atoms with Gasteiger partial charge in [0.25, 0.3) is 11.7 Å². The summed E-state index contributed by atoms with van der Waals surface area (Å²) in [6, 6.07) is 12.0. The summed E-state index contributed by atoms with van der Waals surface area (Å²) < 4.78 is 11.4. The third-order valence-electron chi connectivity index (χ3n) is 5.69. The van der Waals surface area contributed by atoms with Gasteiger partial charge in [0.05, 0.1) is 24.8 Å². The van der Waals surface area contributed by atoms with E-state index in [1.165, 1.54) is 4.90 Å². The van der Waals surface area contributed by atoms with Crippen molar-refractivity contribution in [2.75, 3.05) is 19.8 Å². The largest absolute Gasteiger partial charge is 0.507 e. The van der Waals surface area contributed by atoms with Crippen LogP contribution in [0.3, 0.4) is 0 Å². The highest BCUT2D eigenvalue weighted by atomic mass is 16.5. The van der Waals surface area contributed by atoms with Crippen LogP contribution < -0.4 is 9.47 Å². The van der Waals surface area contributed by atoms with Gasteiger partial charge in [0, 0.05) is 12.1 Å². The average Bonchev–Trinajstić information content (AvgIpc) is 3.04. The predicted molar refractivity (Wildman–Crippen MR) is 129 cm³/mol. The second-order valence-electron chi connectivity index (χ2n) is 8.34. The van der Waals surface area contributed by atoms with Gasteiger partial charge in [0.2, 0.25) is 0 Å². The van der Waals surface area contributed by atoms with E-state index in [1.807, 2.05) is 65.0 Å². The summed E-state index contributed by atoms with van der Waals surface area (Å²) in [7, 11) is 0. The van der Waals surface area contributed by atoms with Crippen LogP contribution in [0.1, 0.15) is 69.7 Å². The molecule has 2 aromatic carbocycles. The summed E-state index contributed by atoms with van der Waals surface area (Å²) in [5.41, 5.74) is 2.24. The van der Waals surface area contributed by atoms with Crippen LogP contribution in [0, 0.1) is 0 Å². The van der Waals surface area contributed by atoms with E-state index in [2.05, 4.69) is 0 Å². The molecule has 6 heteroatoms. The molecule has 176 valence electrons. The number of ketones is 1. The second-order valence-corrected chi connectivity index (χ2v) is 8.34. The van der Waals surface area contributed by atoms with Crippen LogP contribution in [-0.4, -0.2) is 41.5 Å². The number of amides is 1. The summed E-state index contributed by atoms with van der Waals surface area (Å²) in [4.78, 5) is 27.6. The highest BCUT2D eigenvalue weighted by molar-refractivity contribution is 6.46. The number of aliphatic hydroxyl groups is 1. The van der Waals surface area contributed by atoms with Gasteiger partial charge in [-0.1, -0.05) is 32.9 Å². The first-order chi connectivity index (χ1) is 15.8. The Morgan fingerprint density at radius 3 is 2.39 bits per heavy atom. The Hall–Kier alpha value is -3.28. The highest BCUT2D eigenvalue weighted by Gasteiger charge is 2.45. The number of carbonyl (C=O) groups is 2. The van der Waals surface area contributed by atoms with Gasteiger partial charge in [-0.05, 0) is 67.6 Å². The van der Waals surface area contributed by atoms with Gasteiger partial charge in [-0.25, -0.2) is 0 Å². The molecule has 1 aliphatic rings. The van der Waals surface area contributed by atoms with Crippen molar-refractivity contribution in [1.29, 1.82) is 0 Å². The molecule has 6 nitrogen and oxygen atoms in total. The molecule has 1 saturated heterocycles. The second kappa shape index (κ2) is 10.6. The molecule has 3 rings (SSSR count). The van der Waals surface area contributed by atoms with Gasteiger partial charge in [0.15, 0.2) is 0 Å². The van der Waals surface area contributed by atoms with Gasteiger partial charge >= 0.3 is 0 Å². The number of hydrogen-bond donors (Lipinski definition) is 1. The lowest BCUT2D eigenvalue weighted by atomic mass is 9.93. The van der Waals surface area contributed by atoms with Gasteiger partial charge in [-0.15, -0.1) is 0 Å². The van der Waals surface area contributed by atoms with Gasteiger partial charge in [0.1, 0.15) is 17.3 Å². The van der Waals surface area contributed by atoms with Crippen molar-refractivity contribution in [2.24, 2.45) is 0 Å². The number of nitrogens with zero attached hydrogens (tertiary/aromatic N) is 1. The van der Waals surface area contributed by atoms with Gasteiger partial charge in [-0.2, -0.15) is 0 Å². The minimum absolute atomic E-state index is 0.0981. The number of hydrogen-bond acceptors (Lipinski definition) is 5. The third kappa shape index (κ3) is 4.90. The summed E-state index contributed by atoms with van der Waals surface area (Å²) >= 11 is 0. The zero-order valence-electron chi connectivity index (χ0n) is 20.1. The molecule has 0 bridgehead atoms. The number of benzene rings is 2. The Kier molecular flexibility index (Phi) is 7.79. The van der Waals surface area contributed by atoms with Crippen LogP contribution in [0.25, 0.3) is 5.76 Å². The number of rotatable bonds is 9. The Labute approximate surface area is 195 Å². The smallest absolute Gasteiger partial charge is 0.295 e. The Bertz CT molecular complexity index is 1060. The average molecular weight is 452 g/mol. The fourth-order valence-corrected chi connectivity index (χ4v) is 4.23. The molecule has 0 aliphatic carbocycles. The molecule has 1 N–H and O–H groups in total. The van der Waals surface area contributed by atoms with E-state index in [0.29, 0.717) is 37.5 Å². The molecular weight excluding hydrogens is 418 g/mol. The summed E-state index contributed by atoms with van der Waals surface area (Å²) in [5, 5.41) is 11.3. The van der Waals surface area contributed by atoms with Crippen molar-refractivity contribution in [3.8, 4) is 11.5 Å². The van der Waals surface area contributed by atoms with Gasteiger partial charge < -0.3 is 19.5 Å². The lowest BCUT2D eigenvalue weighted by Crippen LogP contribution is -2.30. The van der Waals surface area contributed by atoms with E-state index in [-0.39, 0.29) is 17.3 Å². The lowest BCUT2D eigenvalue weighted by molar-refractivity contribution is -0.139. The maximum absolute atomic E-state index is 13.1. The van der Waals surface area contributed by atoms with Crippen LogP contribution >= 0.6 is 0 Å². The maximum Gasteiger partial charge on any atom is 0.295 e. The van der Waals surface area contributed by atoms with E-state index in [0.717, 1.165) is 16.9 Å². The zero-order chi connectivity index (χ0) is 24.1. The van der Waals surface area contributed by atoms with E-state index in [1.54, 1.807) is 12.1 Å². The van der Waals surface area contributed by atoms with E-state index < -0.39 is 17.7 Å². The monoisotopic (exact) mass is 451 g/mol. The molecule has 1 aliphatic heterocycles. The first kappa shape index (κ1) is 24.4. The number of ether oxygens (including phenoxy) is 2. The number of aliphatic hydroxyl groups excluding tert-OH is 1. The van der Waals surface area contributed by atoms with Crippen LogP contribution in [0.15, 0.2) is 48.0 Å². The lowest BCUT2D eigenvalue weighted by Gasteiger charge is -2.25. The van der Waals surface area contributed by atoms with Crippen molar-refractivity contribution in [1.82, 2.24) is 4.90 Å². The molecule has 0 aromatic heterocycles. The molecule has 1 atom stereocenters. The van der Waals surface area contributed by atoms with Gasteiger partial charge in [-0.3, -0.25) is 9.59 Å². The summed E-state index contributed by atoms with van der Waals surface area (Å²) in [6.07, 6.45) is 0.690. The van der Waals surface area contributed by atoms with Crippen molar-refractivity contribution < 1.29 is 24.2 Å². The molecule has 2 aromatic rings. The van der Waals surface area contributed by atoms with Crippen molar-refractivity contribution in [2.45, 2.75) is 53.0 Å². The first-order valence-electron chi connectivity index (χ1n) is 11.6. The van der Waals surface area contributed by atoms with Crippen LogP contribution in [0.4, 0.5) is 0 Å². The predicted octanol–water partition coefficient (Wildman–Crippen LogP) is 5.44. The number of likely N-dealkylation sites (tertiary alicyclic amines) is 1. The van der Waals surface area contributed by atoms with Crippen LogP contribution in [-0.2, 0) is 9.59 Å². The Balaban J connectivity index is 2.18. The van der Waals surface area contributed by atoms with Crippen LogP contribution in [0.2, 0.25) is 0 Å². The molecule has 1 heterocycles. The highest BCUT2D eigenvalue weighted by Crippen LogP contribution is 2.41. The molecule has 1 fully saturated rings. The van der Waals surface area contributed by atoms with E-state index in [4.69, 9.17) is 9.47 Å². The quantitative estimate of drug-likeness (QED) is 0.312. The molecular formula is C27H33NO5. The number of Topliss-reactive ketones (excluding diaryl/α,β-unsaturated/α-hetero) is 1. The third-order valence-corrected chi connectivity index (χ3v) is 5.69. The first-order valence-corrected chi connectivity index (χ1v) is 11.6. The van der Waals surface area contributed by atoms with Crippen LogP contribution in [0.5, 0.6) is 11.5 Å². The molecule has 1 unspecified atom stereocenters. The fraction of sp³-hybridized carbons (Fsp3) is 0.407. The summed E-state index contributed by atoms with van der Waals surface area (Å²) in [5.74, 6) is 0.105. The zero-order valence-corrected chi connectivity index (χ0v) is 20.1.